The van der Waals surface area contributed by atoms with Crippen LogP contribution < -0.4 is 14.2 Å². The smallest absolute Gasteiger partial charge is 0.343 e. The minimum Gasteiger partial charge on any atom is -0.490 e. The van der Waals surface area contributed by atoms with E-state index in [0.717, 1.165) is 0 Å². The molecule has 0 aliphatic rings. The first kappa shape index (κ1) is 18.0. The zero-order valence-corrected chi connectivity index (χ0v) is 13.9. The fourth-order valence-electron chi connectivity index (χ4n) is 1.78. The molecule has 25 heavy (non-hydrogen) atoms. The second kappa shape index (κ2) is 8.49. The van der Waals surface area contributed by atoms with Gasteiger partial charge < -0.3 is 14.2 Å². The van der Waals surface area contributed by atoms with Gasteiger partial charge in [-0.15, -0.1) is 0 Å². The molecule has 5 heteroatoms. The van der Waals surface area contributed by atoms with Crippen molar-refractivity contribution in [1.29, 1.82) is 0 Å². The van der Waals surface area contributed by atoms with Gasteiger partial charge in [0.25, 0.3) is 0 Å². The third kappa shape index (κ3) is 5.35. The first-order chi connectivity index (χ1) is 12.0. The van der Waals surface area contributed by atoms with E-state index in [2.05, 4.69) is 13.2 Å². The minimum absolute atomic E-state index is 0.302. The van der Waals surface area contributed by atoms with E-state index < -0.39 is 11.9 Å². The molecule has 0 bridgehead atoms. The van der Waals surface area contributed by atoms with Crippen LogP contribution in [0, 0.1) is 0 Å². The second-order valence-electron chi connectivity index (χ2n) is 5.15. The predicted molar refractivity (Wildman–Crippen MR) is 94.0 cm³/mol. The van der Waals surface area contributed by atoms with Gasteiger partial charge in [-0.1, -0.05) is 19.2 Å². The van der Waals surface area contributed by atoms with E-state index in [1.54, 1.807) is 49.4 Å². The standard InChI is InChI=1S/C20H18O5/c1-4-13-23-16-7-5-15(6-8-16)20(22)25-18-11-9-17(10-12-18)24-19(21)14(2)3/h4-12H,1-2,13H2,3H3. The van der Waals surface area contributed by atoms with Crippen LogP contribution in [0.1, 0.15) is 17.3 Å². The maximum Gasteiger partial charge on any atom is 0.343 e. The van der Waals surface area contributed by atoms with Crippen molar-refractivity contribution in [2.24, 2.45) is 0 Å². The van der Waals surface area contributed by atoms with Gasteiger partial charge in [0, 0.05) is 5.57 Å². The third-order valence-electron chi connectivity index (χ3n) is 3.05. The topological polar surface area (TPSA) is 61.8 Å². The monoisotopic (exact) mass is 338 g/mol. The second-order valence-corrected chi connectivity index (χ2v) is 5.15. The molecule has 0 atom stereocenters. The van der Waals surface area contributed by atoms with Gasteiger partial charge in [0.15, 0.2) is 0 Å². The van der Waals surface area contributed by atoms with Crippen molar-refractivity contribution >= 4 is 11.9 Å². The average Bonchev–Trinajstić information content (AvgIpc) is 2.61. The van der Waals surface area contributed by atoms with Gasteiger partial charge in [0.1, 0.15) is 23.9 Å². The molecule has 2 rings (SSSR count). The SMILES string of the molecule is C=CCOc1ccc(C(=O)Oc2ccc(OC(=O)C(=C)C)cc2)cc1. The molecule has 0 unspecified atom stereocenters. The molecule has 0 aromatic heterocycles. The number of hydrogen-bond donors (Lipinski definition) is 0. The van der Waals surface area contributed by atoms with Crippen molar-refractivity contribution in [3.63, 3.8) is 0 Å². The maximum atomic E-state index is 12.1. The summed E-state index contributed by atoms with van der Waals surface area (Å²) in [6, 6.07) is 12.8. The predicted octanol–water partition coefficient (Wildman–Crippen LogP) is 3.95. The molecule has 5 nitrogen and oxygen atoms in total. The van der Waals surface area contributed by atoms with Crippen LogP contribution in [0.25, 0.3) is 0 Å². The largest absolute Gasteiger partial charge is 0.490 e. The Morgan fingerprint density at radius 3 is 1.96 bits per heavy atom. The van der Waals surface area contributed by atoms with Crippen LogP contribution in [0.2, 0.25) is 0 Å². The Hall–Kier alpha value is -3.34. The molecule has 128 valence electrons. The summed E-state index contributed by atoms with van der Waals surface area (Å²) in [6.07, 6.45) is 1.64. The molecule has 0 N–H and O–H groups in total. The van der Waals surface area contributed by atoms with E-state index in [1.807, 2.05) is 0 Å². The first-order valence-electron chi connectivity index (χ1n) is 7.53. The zero-order chi connectivity index (χ0) is 18.2. The molecule has 0 aliphatic heterocycles. The van der Waals surface area contributed by atoms with Gasteiger partial charge in [-0.05, 0) is 55.5 Å². The molecule has 0 saturated carbocycles. The Bertz CT molecular complexity index is 773. The van der Waals surface area contributed by atoms with Gasteiger partial charge in [0.2, 0.25) is 0 Å². The van der Waals surface area contributed by atoms with Crippen LogP contribution in [0.3, 0.4) is 0 Å². The summed E-state index contributed by atoms with van der Waals surface area (Å²) in [5, 5.41) is 0. The van der Waals surface area contributed by atoms with Crippen LogP contribution in [-0.4, -0.2) is 18.5 Å². The van der Waals surface area contributed by atoms with E-state index in [-0.39, 0.29) is 0 Å². The van der Waals surface area contributed by atoms with Crippen LogP contribution in [0.15, 0.2) is 73.3 Å². The molecule has 0 spiro atoms. The van der Waals surface area contributed by atoms with Gasteiger partial charge >= 0.3 is 11.9 Å². The number of carbonyl (C=O) groups excluding carboxylic acids is 2. The van der Waals surface area contributed by atoms with Crippen LogP contribution in [0.5, 0.6) is 17.2 Å². The average molecular weight is 338 g/mol. The highest BCUT2D eigenvalue weighted by molar-refractivity contribution is 5.91. The molecule has 0 aliphatic carbocycles. The van der Waals surface area contributed by atoms with Crippen molar-refractivity contribution in [2.45, 2.75) is 6.92 Å². The zero-order valence-electron chi connectivity index (χ0n) is 13.9. The maximum absolute atomic E-state index is 12.1. The van der Waals surface area contributed by atoms with Crippen molar-refractivity contribution in [1.82, 2.24) is 0 Å². The van der Waals surface area contributed by atoms with Crippen molar-refractivity contribution in [3.05, 3.63) is 78.9 Å². The van der Waals surface area contributed by atoms with Gasteiger partial charge in [-0.2, -0.15) is 0 Å². The Morgan fingerprint density at radius 2 is 1.44 bits per heavy atom. The molecular weight excluding hydrogens is 320 g/mol. The Balaban J connectivity index is 1.97. The molecule has 0 saturated heterocycles. The summed E-state index contributed by atoms with van der Waals surface area (Å²) < 4.78 is 15.7. The summed E-state index contributed by atoms with van der Waals surface area (Å²) in [5.41, 5.74) is 0.694. The fourth-order valence-corrected chi connectivity index (χ4v) is 1.78. The quantitative estimate of drug-likeness (QED) is 0.331. The lowest BCUT2D eigenvalue weighted by Crippen LogP contribution is -2.09. The Labute approximate surface area is 146 Å². The number of hydrogen-bond acceptors (Lipinski definition) is 5. The summed E-state index contributed by atoms with van der Waals surface area (Å²) in [5.74, 6) is 0.314. The minimum atomic E-state index is -0.511. The highest BCUT2D eigenvalue weighted by Gasteiger charge is 2.10. The van der Waals surface area contributed by atoms with Crippen LogP contribution >= 0.6 is 0 Å². The summed E-state index contributed by atoms with van der Waals surface area (Å²) in [7, 11) is 0. The normalized spacial score (nSPS) is 9.80. The number of benzene rings is 2. The number of esters is 2. The number of ether oxygens (including phenoxy) is 3. The third-order valence-corrected chi connectivity index (χ3v) is 3.05. The molecule has 2 aromatic carbocycles. The fraction of sp³-hybridized carbons (Fsp3) is 0.100. The molecular formula is C20H18O5. The van der Waals surface area contributed by atoms with Gasteiger partial charge in [-0.25, -0.2) is 9.59 Å². The van der Waals surface area contributed by atoms with Crippen molar-refractivity contribution in [2.75, 3.05) is 6.61 Å². The number of carbonyl (C=O) groups is 2. The van der Waals surface area contributed by atoms with Crippen molar-refractivity contribution < 1.29 is 23.8 Å². The molecule has 0 heterocycles. The van der Waals surface area contributed by atoms with E-state index in [9.17, 15) is 9.59 Å². The van der Waals surface area contributed by atoms with Crippen molar-refractivity contribution in [3.8, 4) is 17.2 Å². The van der Waals surface area contributed by atoms with E-state index in [0.29, 0.717) is 35.0 Å². The lowest BCUT2D eigenvalue weighted by molar-refractivity contribution is -0.130. The van der Waals surface area contributed by atoms with Gasteiger partial charge in [-0.3, -0.25) is 0 Å². The Morgan fingerprint density at radius 1 is 0.920 bits per heavy atom. The summed E-state index contributed by atoms with van der Waals surface area (Å²) in [6.45, 7) is 9.03. The number of rotatable bonds is 7. The van der Waals surface area contributed by atoms with Crippen LogP contribution in [0.4, 0.5) is 0 Å². The first-order valence-corrected chi connectivity index (χ1v) is 7.53. The highest BCUT2D eigenvalue weighted by atomic mass is 16.5. The molecule has 2 aromatic rings. The van der Waals surface area contributed by atoms with E-state index in [1.165, 1.54) is 12.1 Å². The van der Waals surface area contributed by atoms with E-state index in [4.69, 9.17) is 14.2 Å². The lowest BCUT2D eigenvalue weighted by Gasteiger charge is -2.07. The summed E-state index contributed by atoms with van der Waals surface area (Å²) >= 11 is 0. The summed E-state index contributed by atoms with van der Waals surface area (Å²) in [4.78, 5) is 23.5. The molecule has 0 amide bonds. The van der Waals surface area contributed by atoms with Gasteiger partial charge in [0.05, 0.1) is 5.56 Å². The highest BCUT2D eigenvalue weighted by Crippen LogP contribution is 2.20. The Kier molecular flexibility index (Phi) is 6.12. The van der Waals surface area contributed by atoms with Crippen LogP contribution in [-0.2, 0) is 4.79 Å². The van der Waals surface area contributed by atoms with E-state index >= 15 is 0 Å². The molecule has 0 radical (unpaired) electrons. The lowest BCUT2D eigenvalue weighted by atomic mass is 10.2. The molecule has 0 fully saturated rings.